The third-order valence-electron chi connectivity index (χ3n) is 4.60. The van der Waals surface area contributed by atoms with Crippen molar-refractivity contribution in [3.63, 3.8) is 0 Å². The third kappa shape index (κ3) is 8.22. The summed E-state index contributed by atoms with van der Waals surface area (Å²) in [4.78, 5) is 6.65. The van der Waals surface area contributed by atoms with Crippen molar-refractivity contribution < 1.29 is 5.11 Å². The van der Waals surface area contributed by atoms with Crippen LogP contribution < -0.4 is 15.5 Å². The Kier molecular flexibility index (Phi) is 10.5. The number of aryl methyl sites for hydroxylation is 2. The summed E-state index contributed by atoms with van der Waals surface area (Å²) in [7, 11) is 5.93. The number of nitrogens with one attached hydrogen (secondary N) is 2. The quantitative estimate of drug-likeness (QED) is 0.208. The molecule has 1 aromatic heterocycles. The zero-order valence-electron chi connectivity index (χ0n) is 18.1. The number of halogens is 1. The molecule has 0 aliphatic rings. The summed E-state index contributed by atoms with van der Waals surface area (Å²) < 4.78 is 1.68. The molecule has 2 rings (SSSR count). The van der Waals surface area contributed by atoms with Crippen molar-refractivity contribution >= 4 is 35.6 Å². The highest BCUT2D eigenvalue weighted by atomic mass is 127. The number of anilines is 1. The van der Waals surface area contributed by atoms with E-state index in [1.807, 2.05) is 34.3 Å². The zero-order valence-corrected chi connectivity index (χ0v) is 20.5. The number of benzene rings is 1. The molecule has 7 nitrogen and oxygen atoms in total. The standard InChI is InChI=1S/C21H34N6O.HI/c1-6-22-20(24-16-21(2,28)18-14-25-27(5)15-18)23-13-7-8-17-9-11-19(12-10-17)26(3)4;/h9-12,14-15,28H,6-8,13,16H2,1-5H3,(H2,22,23,24);1H. The zero-order chi connectivity index (χ0) is 20.6. The van der Waals surface area contributed by atoms with Crippen LogP contribution in [0.4, 0.5) is 5.69 Å². The van der Waals surface area contributed by atoms with E-state index in [1.54, 1.807) is 17.8 Å². The van der Waals surface area contributed by atoms with Gasteiger partial charge >= 0.3 is 0 Å². The van der Waals surface area contributed by atoms with Gasteiger partial charge in [0.15, 0.2) is 5.96 Å². The first-order valence-electron chi connectivity index (χ1n) is 9.82. The van der Waals surface area contributed by atoms with Crippen LogP contribution >= 0.6 is 24.0 Å². The second-order valence-electron chi connectivity index (χ2n) is 7.46. The van der Waals surface area contributed by atoms with Crippen LogP contribution in [-0.2, 0) is 19.1 Å². The molecule has 0 radical (unpaired) electrons. The lowest BCUT2D eigenvalue weighted by Gasteiger charge is -2.20. The number of hydrogen-bond acceptors (Lipinski definition) is 4. The summed E-state index contributed by atoms with van der Waals surface area (Å²) in [5.74, 6) is 0.717. The average Bonchev–Trinajstić information content (AvgIpc) is 3.11. The normalized spacial score (nSPS) is 13.4. The summed E-state index contributed by atoms with van der Waals surface area (Å²) in [6.07, 6.45) is 5.51. The molecule has 3 N–H and O–H groups in total. The van der Waals surface area contributed by atoms with Crippen molar-refractivity contribution in [2.24, 2.45) is 12.0 Å². The van der Waals surface area contributed by atoms with Gasteiger partial charge in [0.1, 0.15) is 5.60 Å². The van der Waals surface area contributed by atoms with Crippen LogP contribution in [0.2, 0.25) is 0 Å². The monoisotopic (exact) mass is 514 g/mol. The molecule has 0 saturated carbocycles. The van der Waals surface area contributed by atoms with Gasteiger partial charge in [-0.05, 0) is 44.4 Å². The molecule has 0 amide bonds. The van der Waals surface area contributed by atoms with Gasteiger partial charge in [-0.3, -0.25) is 4.68 Å². The van der Waals surface area contributed by atoms with Crippen molar-refractivity contribution in [1.29, 1.82) is 0 Å². The van der Waals surface area contributed by atoms with E-state index in [-0.39, 0.29) is 30.5 Å². The summed E-state index contributed by atoms with van der Waals surface area (Å²) in [5.41, 5.74) is 2.25. The molecule has 1 unspecified atom stereocenters. The molecule has 162 valence electrons. The fourth-order valence-electron chi connectivity index (χ4n) is 2.83. The molecule has 1 aromatic carbocycles. The van der Waals surface area contributed by atoms with Gasteiger partial charge in [-0.1, -0.05) is 12.1 Å². The lowest BCUT2D eigenvalue weighted by Crippen LogP contribution is -2.39. The van der Waals surface area contributed by atoms with Crippen molar-refractivity contribution in [3.8, 4) is 0 Å². The second kappa shape index (κ2) is 12.0. The molecule has 0 fully saturated rings. The predicted molar refractivity (Wildman–Crippen MR) is 131 cm³/mol. The van der Waals surface area contributed by atoms with E-state index in [4.69, 9.17) is 0 Å². The Morgan fingerprint density at radius 2 is 1.93 bits per heavy atom. The number of aliphatic hydroxyl groups is 1. The molecule has 2 aromatic rings. The van der Waals surface area contributed by atoms with Crippen LogP contribution in [0, 0.1) is 0 Å². The van der Waals surface area contributed by atoms with Gasteiger partial charge in [-0.2, -0.15) is 5.10 Å². The van der Waals surface area contributed by atoms with Crippen LogP contribution in [0.25, 0.3) is 0 Å². The fraction of sp³-hybridized carbons (Fsp3) is 0.524. The fourth-order valence-corrected chi connectivity index (χ4v) is 2.83. The van der Waals surface area contributed by atoms with E-state index in [9.17, 15) is 5.11 Å². The Bertz CT molecular complexity index is 755. The molecule has 8 heteroatoms. The Hall–Kier alpha value is -1.81. The molecule has 0 bridgehead atoms. The second-order valence-corrected chi connectivity index (χ2v) is 7.46. The lowest BCUT2D eigenvalue weighted by molar-refractivity contribution is 0.0672. The van der Waals surface area contributed by atoms with Gasteiger partial charge in [0.2, 0.25) is 0 Å². The first-order valence-corrected chi connectivity index (χ1v) is 9.82. The largest absolute Gasteiger partial charge is 0.383 e. The SMILES string of the molecule is CCNC(=NCC(C)(O)c1cnn(C)c1)NCCCc1ccc(N(C)C)cc1.I. The Labute approximate surface area is 191 Å². The summed E-state index contributed by atoms with van der Waals surface area (Å²) in [6, 6.07) is 8.66. The Morgan fingerprint density at radius 3 is 2.48 bits per heavy atom. The van der Waals surface area contributed by atoms with Crippen LogP contribution in [-0.4, -0.2) is 54.6 Å². The van der Waals surface area contributed by atoms with Gasteiger partial charge in [-0.15, -0.1) is 24.0 Å². The van der Waals surface area contributed by atoms with Crippen LogP contribution in [0.1, 0.15) is 31.4 Å². The topological polar surface area (TPSA) is 77.7 Å². The van der Waals surface area contributed by atoms with E-state index in [1.165, 1.54) is 11.3 Å². The maximum atomic E-state index is 10.7. The highest BCUT2D eigenvalue weighted by molar-refractivity contribution is 14.0. The minimum absolute atomic E-state index is 0. The molecule has 0 aliphatic carbocycles. The molecule has 1 heterocycles. The Balaban J connectivity index is 0.00000420. The molecule has 1 atom stereocenters. The first-order chi connectivity index (χ1) is 13.3. The van der Waals surface area contributed by atoms with E-state index in [0.717, 1.165) is 37.5 Å². The smallest absolute Gasteiger partial charge is 0.191 e. The van der Waals surface area contributed by atoms with Crippen molar-refractivity contribution in [1.82, 2.24) is 20.4 Å². The van der Waals surface area contributed by atoms with E-state index >= 15 is 0 Å². The first kappa shape index (κ1) is 25.2. The minimum Gasteiger partial charge on any atom is -0.383 e. The van der Waals surface area contributed by atoms with Gasteiger partial charge < -0.3 is 20.6 Å². The van der Waals surface area contributed by atoms with Crippen LogP contribution in [0.15, 0.2) is 41.7 Å². The van der Waals surface area contributed by atoms with Gasteiger partial charge in [0.25, 0.3) is 0 Å². The highest BCUT2D eigenvalue weighted by Gasteiger charge is 2.24. The van der Waals surface area contributed by atoms with Crippen molar-refractivity contribution in [2.75, 3.05) is 38.6 Å². The molecular weight excluding hydrogens is 479 g/mol. The van der Waals surface area contributed by atoms with E-state index in [2.05, 4.69) is 49.9 Å². The number of aliphatic imine (C=N–C) groups is 1. The van der Waals surface area contributed by atoms with Gasteiger partial charge in [0, 0.05) is 51.7 Å². The summed E-state index contributed by atoms with van der Waals surface area (Å²) in [6.45, 7) is 5.64. The summed E-state index contributed by atoms with van der Waals surface area (Å²) in [5, 5.41) is 21.4. The number of hydrogen-bond donors (Lipinski definition) is 3. The maximum absolute atomic E-state index is 10.7. The van der Waals surface area contributed by atoms with Crippen molar-refractivity contribution in [2.45, 2.75) is 32.3 Å². The number of rotatable bonds is 9. The summed E-state index contributed by atoms with van der Waals surface area (Å²) >= 11 is 0. The molecule has 0 aliphatic heterocycles. The predicted octanol–water partition coefficient (Wildman–Crippen LogP) is 2.50. The van der Waals surface area contributed by atoms with Crippen molar-refractivity contribution in [3.05, 3.63) is 47.8 Å². The maximum Gasteiger partial charge on any atom is 0.191 e. The molecule has 0 spiro atoms. The Morgan fingerprint density at radius 1 is 1.24 bits per heavy atom. The highest BCUT2D eigenvalue weighted by Crippen LogP contribution is 2.19. The minimum atomic E-state index is -1.05. The average molecular weight is 514 g/mol. The third-order valence-corrected chi connectivity index (χ3v) is 4.60. The molecular formula is C21H35IN6O. The molecule has 0 saturated heterocycles. The van der Waals surface area contributed by atoms with E-state index in [0.29, 0.717) is 0 Å². The number of guanidine groups is 1. The van der Waals surface area contributed by atoms with E-state index < -0.39 is 5.60 Å². The number of aromatic nitrogens is 2. The van der Waals surface area contributed by atoms with Gasteiger partial charge in [-0.25, -0.2) is 4.99 Å². The van der Waals surface area contributed by atoms with Gasteiger partial charge in [0.05, 0.1) is 12.7 Å². The van der Waals surface area contributed by atoms with Crippen LogP contribution in [0.3, 0.4) is 0 Å². The number of nitrogens with zero attached hydrogens (tertiary/aromatic N) is 4. The van der Waals surface area contributed by atoms with Crippen LogP contribution in [0.5, 0.6) is 0 Å². The lowest BCUT2D eigenvalue weighted by atomic mass is 10.0. The molecule has 29 heavy (non-hydrogen) atoms.